The minimum absolute atomic E-state index is 0.163. The number of fused-ring (bicyclic) bond motifs is 1. The summed E-state index contributed by atoms with van der Waals surface area (Å²) in [5.41, 5.74) is 3.20. The van der Waals surface area contributed by atoms with Gasteiger partial charge in [0.05, 0.1) is 0 Å². The zero-order chi connectivity index (χ0) is 12.3. The van der Waals surface area contributed by atoms with Gasteiger partial charge in [0.15, 0.2) is 0 Å². The predicted octanol–water partition coefficient (Wildman–Crippen LogP) is 2.53. The second-order valence-electron chi connectivity index (χ2n) is 4.34. The summed E-state index contributed by atoms with van der Waals surface area (Å²) in [6.07, 6.45) is 2.11. The van der Waals surface area contributed by atoms with Crippen molar-refractivity contribution in [3.05, 3.63) is 29.3 Å². The molecule has 0 aromatic heterocycles. The molecule has 1 amide bonds. The van der Waals surface area contributed by atoms with Crippen LogP contribution in [0.3, 0.4) is 0 Å². The lowest BCUT2D eigenvalue weighted by Gasteiger charge is -2.24. The van der Waals surface area contributed by atoms with Crippen LogP contribution < -0.4 is 5.32 Å². The Kier molecular flexibility index (Phi) is 3.67. The van der Waals surface area contributed by atoms with E-state index in [0.29, 0.717) is 0 Å². The summed E-state index contributed by atoms with van der Waals surface area (Å²) in [7, 11) is 0. The first-order valence-corrected chi connectivity index (χ1v) is 6.43. The Hall–Kier alpha value is -1.51. The van der Waals surface area contributed by atoms with Crippen molar-refractivity contribution in [3.8, 4) is 0 Å². The maximum Gasteiger partial charge on any atom is 0.254 e. The number of rotatable bonds is 3. The number of nitrogens with zero attached hydrogens (tertiary/aromatic N) is 1. The number of anilines is 1. The van der Waals surface area contributed by atoms with Crippen molar-refractivity contribution in [2.24, 2.45) is 0 Å². The second-order valence-corrected chi connectivity index (χ2v) is 4.34. The number of carbonyl (C=O) groups excluding carboxylic acids is 1. The molecule has 0 radical (unpaired) electrons. The minimum Gasteiger partial charge on any atom is -0.385 e. The standard InChI is InChI=1S/C14H20N2O/c1-3-16(4-2)14(17)12-7-5-9-13-11(12)8-6-10-15-13/h5,7,9,15H,3-4,6,8,10H2,1-2H3. The minimum atomic E-state index is 0.163. The van der Waals surface area contributed by atoms with Crippen molar-refractivity contribution in [3.63, 3.8) is 0 Å². The molecule has 17 heavy (non-hydrogen) atoms. The van der Waals surface area contributed by atoms with Crippen LogP contribution >= 0.6 is 0 Å². The highest BCUT2D eigenvalue weighted by molar-refractivity contribution is 5.97. The lowest BCUT2D eigenvalue weighted by atomic mass is 9.97. The molecule has 0 atom stereocenters. The van der Waals surface area contributed by atoms with Gasteiger partial charge in [-0.05, 0) is 44.4 Å². The number of benzene rings is 1. The third kappa shape index (κ3) is 2.28. The zero-order valence-electron chi connectivity index (χ0n) is 10.6. The van der Waals surface area contributed by atoms with Crippen molar-refractivity contribution in [1.29, 1.82) is 0 Å². The maximum atomic E-state index is 12.4. The third-order valence-corrected chi connectivity index (χ3v) is 3.38. The Balaban J connectivity index is 2.35. The van der Waals surface area contributed by atoms with Crippen LogP contribution in [0, 0.1) is 0 Å². The fourth-order valence-electron chi connectivity index (χ4n) is 2.39. The van der Waals surface area contributed by atoms with Gasteiger partial charge in [0.1, 0.15) is 0 Å². The maximum absolute atomic E-state index is 12.4. The lowest BCUT2D eigenvalue weighted by molar-refractivity contribution is 0.0772. The molecule has 1 aliphatic rings. The van der Waals surface area contributed by atoms with E-state index in [1.165, 1.54) is 5.56 Å². The van der Waals surface area contributed by atoms with Crippen molar-refractivity contribution in [2.45, 2.75) is 26.7 Å². The van der Waals surface area contributed by atoms with Gasteiger partial charge >= 0.3 is 0 Å². The molecule has 1 N–H and O–H groups in total. The molecule has 0 aliphatic carbocycles. The number of amides is 1. The van der Waals surface area contributed by atoms with E-state index in [9.17, 15) is 4.79 Å². The molecule has 1 aromatic carbocycles. The molecule has 2 rings (SSSR count). The Labute approximate surface area is 103 Å². The fourth-order valence-corrected chi connectivity index (χ4v) is 2.39. The third-order valence-electron chi connectivity index (χ3n) is 3.38. The van der Waals surface area contributed by atoms with Gasteiger partial charge in [0, 0.05) is 30.9 Å². The summed E-state index contributed by atoms with van der Waals surface area (Å²) in [4.78, 5) is 14.3. The summed E-state index contributed by atoms with van der Waals surface area (Å²) in [5.74, 6) is 0.163. The molecule has 92 valence electrons. The van der Waals surface area contributed by atoms with Crippen LogP contribution in [0.15, 0.2) is 18.2 Å². The molecule has 0 bridgehead atoms. The van der Waals surface area contributed by atoms with E-state index < -0.39 is 0 Å². The molecule has 0 saturated carbocycles. The summed E-state index contributed by atoms with van der Waals surface area (Å²) in [6, 6.07) is 5.98. The van der Waals surface area contributed by atoms with Crippen LogP contribution in [0.1, 0.15) is 36.2 Å². The Morgan fingerprint density at radius 3 is 2.82 bits per heavy atom. The van der Waals surface area contributed by atoms with Gasteiger partial charge < -0.3 is 10.2 Å². The fraction of sp³-hybridized carbons (Fsp3) is 0.500. The van der Waals surface area contributed by atoms with Crippen LogP contribution in [-0.4, -0.2) is 30.4 Å². The summed E-state index contributed by atoms with van der Waals surface area (Å²) in [6.45, 7) is 6.60. The van der Waals surface area contributed by atoms with E-state index in [0.717, 1.165) is 43.7 Å². The quantitative estimate of drug-likeness (QED) is 0.868. The van der Waals surface area contributed by atoms with Gasteiger partial charge in [0.2, 0.25) is 0 Å². The van der Waals surface area contributed by atoms with E-state index in [-0.39, 0.29) is 5.91 Å². The summed E-state index contributed by atoms with van der Waals surface area (Å²) < 4.78 is 0. The molecule has 0 spiro atoms. The van der Waals surface area contributed by atoms with E-state index >= 15 is 0 Å². The first-order chi connectivity index (χ1) is 8.27. The van der Waals surface area contributed by atoms with Gasteiger partial charge in [0.25, 0.3) is 5.91 Å². The highest BCUT2D eigenvalue weighted by Crippen LogP contribution is 2.26. The van der Waals surface area contributed by atoms with Crippen molar-refractivity contribution in [1.82, 2.24) is 4.90 Å². The van der Waals surface area contributed by atoms with E-state index in [2.05, 4.69) is 11.4 Å². The highest BCUT2D eigenvalue weighted by Gasteiger charge is 2.20. The molecule has 1 aliphatic heterocycles. The van der Waals surface area contributed by atoms with Gasteiger partial charge in [-0.2, -0.15) is 0 Å². The van der Waals surface area contributed by atoms with Crippen LogP contribution in [0.5, 0.6) is 0 Å². The molecule has 3 heteroatoms. The van der Waals surface area contributed by atoms with Gasteiger partial charge in [-0.3, -0.25) is 4.79 Å². The van der Waals surface area contributed by atoms with Crippen LogP contribution in [-0.2, 0) is 6.42 Å². The SMILES string of the molecule is CCN(CC)C(=O)c1cccc2c1CCCN2. The summed E-state index contributed by atoms with van der Waals surface area (Å²) in [5, 5.41) is 3.36. The number of hydrogen-bond acceptors (Lipinski definition) is 2. The largest absolute Gasteiger partial charge is 0.385 e. The Bertz CT molecular complexity index is 411. The van der Waals surface area contributed by atoms with E-state index in [1.54, 1.807) is 0 Å². The van der Waals surface area contributed by atoms with Crippen molar-refractivity contribution in [2.75, 3.05) is 25.0 Å². The van der Waals surface area contributed by atoms with E-state index in [1.807, 2.05) is 30.9 Å². The lowest BCUT2D eigenvalue weighted by Crippen LogP contribution is -2.31. The monoisotopic (exact) mass is 232 g/mol. The number of carbonyl (C=O) groups is 1. The number of hydrogen-bond donors (Lipinski definition) is 1. The summed E-state index contributed by atoms with van der Waals surface area (Å²) >= 11 is 0. The number of nitrogens with one attached hydrogen (secondary N) is 1. The molecule has 0 saturated heterocycles. The Morgan fingerprint density at radius 1 is 1.35 bits per heavy atom. The second kappa shape index (κ2) is 5.21. The average Bonchev–Trinajstić information content (AvgIpc) is 2.39. The average molecular weight is 232 g/mol. The van der Waals surface area contributed by atoms with Crippen molar-refractivity contribution < 1.29 is 4.79 Å². The topological polar surface area (TPSA) is 32.3 Å². The first-order valence-electron chi connectivity index (χ1n) is 6.43. The van der Waals surface area contributed by atoms with E-state index in [4.69, 9.17) is 0 Å². The smallest absolute Gasteiger partial charge is 0.254 e. The first kappa shape index (κ1) is 12.0. The van der Waals surface area contributed by atoms with Gasteiger partial charge in [-0.25, -0.2) is 0 Å². The molecular weight excluding hydrogens is 212 g/mol. The molecule has 0 fully saturated rings. The Morgan fingerprint density at radius 2 is 2.12 bits per heavy atom. The highest BCUT2D eigenvalue weighted by atomic mass is 16.2. The molecule has 3 nitrogen and oxygen atoms in total. The zero-order valence-corrected chi connectivity index (χ0v) is 10.6. The normalized spacial score (nSPS) is 13.8. The van der Waals surface area contributed by atoms with Crippen LogP contribution in [0.2, 0.25) is 0 Å². The molecular formula is C14H20N2O. The predicted molar refractivity (Wildman–Crippen MR) is 70.5 cm³/mol. The van der Waals surface area contributed by atoms with Crippen LogP contribution in [0.25, 0.3) is 0 Å². The van der Waals surface area contributed by atoms with Gasteiger partial charge in [-0.15, -0.1) is 0 Å². The van der Waals surface area contributed by atoms with Gasteiger partial charge in [-0.1, -0.05) is 6.07 Å². The van der Waals surface area contributed by atoms with Crippen LogP contribution in [0.4, 0.5) is 5.69 Å². The molecule has 0 unspecified atom stereocenters. The van der Waals surface area contributed by atoms with Crippen molar-refractivity contribution >= 4 is 11.6 Å². The molecule has 1 heterocycles. The molecule has 1 aromatic rings.